The van der Waals surface area contributed by atoms with Gasteiger partial charge in [0.2, 0.25) is 0 Å². The fourth-order valence-corrected chi connectivity index (χ4v) is 5.17. The molecule has 4 rings (SSSR count). The highest BCUT2D eigenvalue weighted by atomic mass is 35.5. The van der Waals surface area contributed by atoms with Crippen molar-refractivity contribution in [1.82, 2.24) is 15.1 Å². The van der Waals surface area contributed by atoms with Gasteiger partial charge in [0.15, 0.2) is 0 Å². The van der Waals surface area contributed by atoms with Gasteiger partial charge < -0.3 is 10.2 Å². The van der Waals surface area contributed by atoms with Crippen LogP contribution in [0.15, 0.2) is 48.5 Å². The van der Waals surface area contributed by atoms with E-state index in [4.69, 9.17) is 11.6 Å². The Bertz CT molecular complexity index is 855. The first-order valence-corrected chi connectivity index (χ1v) is 12.1. The summed E-state index contributed by atoms with van der Waals surface area (Å²) < 4.78 is 0. The summed E-state index contributed by atoms with van der Waals surface area (Å²) in [5.41, 5.74) is 3.85. The summed E-state index contributed by atoms with van der Waals surface area (Å²) in [6.07, 6.45) is 6.48. The Morgan fingerprint density at radius 1 is 1.00 bits per heavy atom. The van der Waals surface area contributed by atoms with Gasteiger partial charge in [-0.05, 0) is 54.5 Å². The minimum atomic E-state index is 0.101. The summed E-state index contributed by atoms with van der Waals surface area (Å²) in [6, 6.07) is 17.1. The normalized spacial score (nSPS) is 19.2. The standard InChI is InChI=1S/C26H34ClN3O/c1-20-7-5-6-10-24(20)25(22-11-13-23(27)14-12-22)29-15-17-30(18-16-29)26(31)28-19-21-8-3-2-4-9-21/h5-7,10-14,21,25H,2-4,8-9,15-19H2,1H3,(H,28,31). The maximum atomic E-state index is 12.7. The van der Waals surface area contributed by atoms with Gasteiger partial charge >= 0.3 is 6.03 Å². The molecule has 1 saturated carbocycles. The van der Waals surface area contributed by atoms with Crippen molar-refractivity contribution >= 4 is 17.6 Å². The summed E-state index contributed by atoms with van der Waals surface area (Å²) in [5.74, 6) is 0.661. The Kier molecular flexibility index (Phi) is 7.52. The third-order valence-corrected chi connectivity index (χ3v) is 7.15. The van der Waals surface area contributed by atoms with Crippen molar-refractivity contribution in [3.05, 3.63) is 70.2 Å². The fraction of sp³-hybridized carbons (Fsp3) is 0.500. The molecule has 2 aromatic carbocycles. The van der Waals surface area contributed by atoms with Gasteiger partial charge in [-0.3, -0.25) is 4.90 Å². The van der Waals surface area contributed by atoms with E-state index in [1.54, 1.807) is 0 Å². The highest BCUT2D eigenvalue weighted by Gasteiger charge is 2.29. The van der Waals surface area contributed by atoms with E-state index in [0.29, 0.717) is 5.92 Å². The van der Waals surface area contributed by atoms with Gasteiger partial charge in [0, 0.05) is 37.7 Å². The van der Waals surface area contributed by atoms with E-state index in [1.807, 2.05) is 17.0 Å². The average Bonchev–Trinajstić information content (AvgIpc) is 2.81. The molecule has 166 valence electrons. The van der Waals surface area contributed by atoms with Crippen LogP contribution in [0, 0.1) is 12.8 Å². The molecule has 0 aromatic heterocycles. The first-order valence-electron chi connectivity index (χ1n) is 11.7. The van der Waals surface area contributed by atoms with Crippen molar-refractivity contribution in [2.24, 2.45) is 5.92 Å². The van der Waals surface area contributed by atoms with Gasteiger partial charge in [-0.2, -0.15) is 0 Å². The van der Waals surface area contributed by atoms with E-state index in [0.717, 1.165) is 37.7 Å². The van der Waals surface area contributed by atoms with Crippen LogP contribution in [0.2, 0.25) is 5.02 Å². The Hall–Kier alpha value is -2.04. The van der Waals surface area contributed by atoms with Crippen LogP contribution in [0.4, 0.5) is 4.79 Å². The van der Waals surface area contributed by atoms with Gasteiger partial charge in [0.1, 0.15) is 0 Å². The Morgan fingerprint density at radius 3 is 2.35 bits per heavy atom. The average molecular weight is 440 g/mol. The molecule has 1 atom stereocenters. The summed E-state index contributed by atoms with van der Waals surface area (Å²) >= 11 is 6.15. The molecule has 0 spiro atoms. The number of carbonyl (C=O) groups is 1. The van der Waals surface area contributed by atoms with Crippen molar-refractivity contribution in [3.8, 4) is 0 Å². The number of nitrogens with one attached hydrogen (secondary N) is 1. The van der Waals surface area contributed by atoms with Gasteiger partial charge in [-0.15, -0.1) is 0 Å². The molecule has 2 aliphatic rings. The quantitative estimate of drug-likeness (QED) is 0.653. The molecular weight excluding hydrogens is 406 g/mol. The number of aryl methyl sites for hydroxylation is 1. The lowest BCUT2D eigenvalue weighted by Crippen LogP contribution is -2.53. The summed E-state index contributed by atoms with van der Waals surface area (Å²) in [4.78, 5) is 17.2. The van der Waals surface area contributed by atoms with E-state index < -0.39 is 0 Å². The number of hydrogen-bond donors (Lipinski definition) is 1. The number of piperazine rings is 1. The molecule has 1 aliphatic carbocycles. The smallest absolute Gasteiger partial charge is 0.317 e. The van der Waals surface area contributed by atoms with Crippen LogP contribution in [-0.4, -0.2) is 48.6 Å². The zero-order valence-electron chi connectivity index (χ0n) is 18.5. The van der Waals surface area contributed by atoms with Crippen molar-refractivity contribution < 1.29 is 4.79 Å². The molecule has 4 nitrogen and oxygen atoms in total. The number of halogens is 1. The lowest BCUT2D eigenvalue weighted by molar-refractivity contribution is 0.119. The van der Waals surface area contributed by atoms with E-state index in [-0.39, 0.29) is 12.1 Å². The molecule has 1 aliphatic heterocycles. The third-order valence-electron chi connectivity index (χ3n) is 6.90. The number of hydrogen-bond acceptors (Lipinski definition) is 2. The second-order valence-electron chi connectivity index (χ2n) is 9.02. The first-order chi connectivity index (χ1) is 15.1. The molecule has 5 heteroatoms. The molecule has 1 heterocycles. The molecular formula is C26H34ClN3O. The monoisotopic (exact) mass is 439 g/mol. The number of amides is 2. The third kappa shape index (κ3) is 5.61. The highest BCUT2D eigenvalue weighted by Crippen LogP contribution is 2.32. The molecule has 1 N–H and O–H groups in total. The van der Waals surface area contributed by atoms with E-state index in [2.05, 4.69) is 53.5 Å². The second kappa shape index (κ2) is 10.5. The van der Waals surface area contributed by atoms with Crippen molar-refractivity contribution in [1.29, 1.82) is 0 Å². The van der Waals surface area contributed by atoms with Gasteiger partial charge in [-0.25, -0.2) is 4.79 Å². The largest absolute Gasteiger partial charge is 0.338 e. The van der Waals surface area contributed by atoms with E-state index in [9.17, 15) is 4.79 Å². The number of nitrogens with zero attached hydrogens (tertiary/aromatic N) is 2. The Morgan fingerprint density at radius 2 is 1.68 bits per heavy atom. The van der Waals surface area contributed by atoms with Crippen LogP contribution in [0.3, 0.4) is 0 Å². The summed E-state index contributed by atoms with van der Waals surface area (Å²) in [5, 5.41) is 3.95. The Labute approximate surface area is 191 Å². The lowest BCUT2D eigenvalue weighted by Gasteiger charge is -2.40. The maximum absolute atomic E-state index is 12.7. The van der Waals surface area contributed by atoms with Crippen LogP contribution < -0.4 is 5.32 Å². The molecule has 0 radical (unpaired) electrons. The van der Waals surface area contributed by atoms with Crippen LogP contribution in [0.5, 0.6) is 0 Å². The predicted octanol–water partition coefficient (Wildman–Crippen LogP) is 5.65. The number of carbonyl (C=O) groups excluding carboxylic acids is 1. The first kappa shape index (κ1) is 22.2. The molecule has 1 saturated heterocycles. The number of benzene rings is 2. The van der Waals surface area contributed by atoms with Gasteiger partial charge in [0.25, 0.3) is 0 Å². The summed E-state index contributed by atoms with van der Waals surface area (Å²) in [7, 11) is 0. The van der Waals surface area contributed by atoms with Crippen LogP contribution >= 0.6 is 11.6 Å². The zero-order chi connectivity index (χ0) is 21.6. The van der Waals surface area contributed by atoms with Gasteiger partial charge in [0.05, 0.1) is 6.04 Å². The summed E-state index contributed by atoms with van der Waals surface area (Å²) in [6.45, 7) is 6.23. The second-order valence-corrected chi connectivity index (χ2v) is 9.46. The molecule has 31 heavy (non-hydrogen) atoms. The predicted molar refractivity (Wildman–Crippen MR) is 128 cm³/mol. The van der Waals surface area contributed by atoms with Crippen LogP contribution in [0.25, 0.3) is 0 Å². The van der Waals surface area contributed by atoms with E-state index >= 15 is 0 Å². The van der Waals surface area contributed by atoms with Crippen LogP contribution in [-0.2, 0) is 0 Å². The molecule has 0 bridgehead atoms. The van der Waals surface area contributed by atoms with Crippen LogP contribution in [0.1, 0.15) is 54.8 Å². The van der Waals surface area contributed by atoms with E-state index in [1.165, 1.54) is 48.8 Å². The lowest BCUT2D eigenvalue weighted by atomic mass is 9.89. The SMILES string of the molecule is Cc1ccccc1C(c1ccc(Cl)cc1)N1CCN(C(=O)NCC2CCCCC2)CC1. The van der Waals surface area contributed by atoms with Crippen molar-refractivity contribution in [3.63, 3.8) is 0 Å². The maximum Gasteiger partial charge on any atom is 0.317 e. The van der Waals surface area contributed by atoms with Crippen molar-refractivity contribution in [2.75, 3.05) is 32.7 Å². The number of rotatable bonds is 5. The minimum Gasteiger partial charge on any atom is -0.338 e. The molecule has 2 fully saturated rings. The Balaban J connectivity index is 1.41. The topological polar surface area (TPSA) is 35.6 Å². The van der Waals surface area contributed by atoms with Crippen molar-refractivity contribution in [2.45, 2.75) is 45.1 Å². The number of urea groups is 1. The molecule has 2 aromatic rings. The van der Waals surface area contributed by atoms with Gasteiger partial charge in [-0.1, -0.05) is 67.3 Å². The molecule has 1 unspecified atom stereocenters. The fourth-order valence-electron chi connectivity index (χ4n) is 5.04. The minimum absolute atomic E-state index is 0.101. The zero-order valence-corrected chi connectivity index (χ0v) is 19.3. The highest BCUT2D eigenvalue weighted by molar-refractivity contribution is 6.30. The molecule has 2 amide bonds.